The van der Waals surface area contributed by atoms with Crippen molar-refractivity contribution in [2.24, 2.45) is 11.3 Å². The number of H-pyrrole nitrogens is 1. The van der Waals surface area contributed by atoms with Crippen LogP contribution in [0.5, 0.6) is 23.3 Å². The second-order valence-electron chi connectivity index (χ2n) is 23.1. The fourth-order valence-electron chi connectivity index (χ4n) is 13.4. The Morgan fingerprint density at radius 2 is 1.70 bits per heavy atom. The van der Waals surface area contributed by atoms with Gasteiger partial charge in [0.15, 0.2) is 5.75 Å². The van der Waals surface area contributed by atoms with Gasteiger partial charge in [-0.1, -0.05) is 38.1 Å². The number of anilines is 2. The fourth-order valence-corrected chi connectivity index (χ4v) is 14.4. The highest BCUT2D eigenvalue weighted by molar-refractivity contribution is 7.90. The second kappa shape index (κ2) is 21.6. The van der Waals surface area contributed by atoms with Crippen molar-refractivity contribution in [3.8, 4) is 23.3 Å². The van der Waals surface area contributed by atoms with Gasteiger partial charge < -0.3 is 34.5 Å². The van der Waals surface area contributed by atoms with Gasteiger partial charge in [-0.2, -0.15) is 4.98 Å². The molecule has 2 aromatic carbocycles. The quantitative estimate of drug-likeness (QED) is 0.0492. The van der Waals surface area contributed by atoms with Crippen LogP contribution in [0.1, 0.15) is 124 Å². The number of rotatable bonds is 17. The van der Waals surface area contributed by atoms with Gasteiger partial charge in [0.1, 0.15) is 22.1 Å². The lowest BCUT2D eigenvalue weighted by Gasteiger charge is -2.60. The lowest BCUT2D eigenvalue weighted by molar-refractivity contribution is -0.384. The minimum Gasteiger partial charge on any atom is -0.481 e. The van der Waals surface area contributed by atoms with Crippen LogP contribution in [0, 0.1) is 27.3 Å². The van der Waals surface area contributed by atoms with E-state index in [9.17, 15) is 28.4 Å². The zero-order valence-electron chi connectivity index (χ0n) is 45.3. The number of nitro groups is 1. The van der Waals surface area contributed by atoms with Crippen molar-refractivity contribution in [3.63, 3.8) is 0 Å². The second-order valence-corrected chi connectivity index (χ2v) is 24.8. The van der Waals surface area contributed by atoms with Crippen molar-refractivity contribution < 1.29 is 41.8 Å². The molecular formula is C58H69FN10O9S. The third kappa shape index (κ3) is 11.1. The van der Waals surface area contributed by atoms with Crippen LogP contribution >= 0.6 is 0 Å². The summed E-state index contributed by atoms with van der Waals surface area (Å²) in [6.07, 6.45) is 12.7. The zero-order valence-corrected chi connectivity index (χ0v) is 46.1. The summed E-state index contributed by atoms with van der Waals surface area (Å²) >= 11 is 0. The van der Waals surface area contributed by atoms with Crippen molar-refractivity contribution in [1.82, 2.24) is 34.5 Å². The molecule has 5 aliphatic rings. The summed E-state index contributed by atoms with van der Waals surface area (Å²) in [5.74, 6) is -0.705. The molecule has 19 nitrogen and oxygen atoms in total. The minimum absolute atomic E-state index is 0.00791. The van der Waals surface area contributed by atoms with Gasteiger partial charge in [0.05, 0.1) is 41.9 Å². The molecule has 2 aliphatic carbocycles. The number of ether oxygens (including phenoxy) is 3. The van der Waals surface area contributed by atoms with Crippen LogP contribution < -0.4 is 29.1 Å². The van der Waals surface area contributed by atoms with Crippen LogP contribution in [0.4, 0.5) is 21.6 Å². The number of aromatic nitrogens is 4. The maximum absolute atomic E-state index is 15.0. The molecule has 1 amide bonds. The number of pyridine rings is 3. The summed E-state index contributed by atoms with van der Waals surface area (Å²) in [5.41, 5.74) is 3.62. The predicted octanol–water partition coefficient (Wildman–Crippen LogP) is 9.64. The van der Waals surface area contributed by atoms with Crippen LogP contribution in [0.25, 0.3) is 11.0 Å². The standard InChI is InChI=1S/C58H69FN10O9S/c1-35(2)43-8-6-7-9-44(43)49-34-66(33-37-16-19-60-52(22-37)76-4)20-21-67(49)41-28-58(29-41)26-39-10-11-40(27-58)68(39)38-12-13-45(50(23-38)78-51-25-46-47(59)32-63-53(46)64-56(51)77-5)55(70)65-79(74,75)42-24-48(69(72)73)54(62-31-42)61-30-36-14-17-57(3,71)18-15-36/h6-9,12-13,16,19,22-25,31-32,35-36,39-41,49,71H,10-11,14-15,17-18,20-21,26-30,33-34H2,1-5H3,(H,61,62)(H,63,64)(H,65,70)/t36?,39?,40?,41?,49-,57?,58?/m0/s1. The van der Waals surface area contributed by atoms with E-state index in [4.69, 9.17) is 14.2 Å². The Hall–Kier alpha value is -6.94. The Morgan fingerprint density at radius 1 is 0.949 bits per heavy atom. The number of aliphatic hydroxyl groups is 1. The molecule has 418 valence electrons. The number of piperidine rings is 1. The van der Waals surface area contributed by atoms with Gasteiger partial charge in [0.2, 0.25) is 11.7 Å². The maximum Gasteiger partial charge on any atom is 0.312 e. The number of fused-ring (bicyclic) bond motifs is 3. The number of hydrogen-bond acceptors (Lipinski definition) is 16. The monoisotopic (exact) mass is 1100 g/mol. The SMILES string of the molecule is COc1cc(CN2CCN(C3CC4(CC5CCC(C4)N5c4ccc(C(=O)NS(=O)(=O)c5cnc(NCC6CCC(C)(O)CC6)c([N+](=O)[O-])c5)c(Oc5cc6c(F)c[nH]c6nc5OC)c4)C3)[C@H](c3ccccc3C(C)C)C2)ccn1. The van der Waals surface area contributed by atoms with Crippen molar-refractivity contribution in [2.75, 3.05) is 50.6 Å². The average molecular weight is 1100 g/mol. The first-order chi connectivity index (χ1) is 37.9. The van der Waals surface area contributed by atoms with Gasteiger partial charge >= 0.3 is 5.69 Å². The number of carbonyl (C=O) groups excluding carboxylic acids is 1. The molecule has 3 aliphatic heterocycles. The first-order valence-electron chi connectivity index (χ1n) is 27.4. The van der Waals surface area contributed by atoms with E-state index >= 15 is 4.39 Å². The number of hydrogen-bond donors (Lipinski definition) is 4. The van der Waals surface area contributed by atoms with Crippen LogP contribution in [-0.4, -0.2) is 118 Å². The van der Waals surface area contributed by atoms with Crippen molar-refractivity contribution in [2.45, 2.75) is 132 Å². The van der Waals surface area contributed by atoms with E-state index in [2.05, 4.69) is 88.9 Å². The number of piperazine rings is 1. The third-order valence-electron chi connectivity index (χ3n) is 17.4. The largest absolute Gasteiger partial charge is 0.481 e. The molecule has 2 bridgehead atoms. The molecule has 6 aromatic rings. The molecule has 4 N–H and O–H groups in total. The van der Waals surface area contributed by atoms with E-state index in [0.717, 1.165) is 88.9 Å². The highest BCUT2D eigenvalue weighted by Gasteiger charge is 2.56. The van der Waals surface area contributed by atoms with E-state index in [1.165, 1.54) is 35.9 Å². The van der Waals surface area contributed by atoms with Crippen LogP contribution in [0.3, 0.4) is 0 Å². The number of aromatic amines is 1. The predicted molar refractivity (Wildman–Crippen MR) is 296 cm³/mol. The fraction of sp³-hybridized carbons (Fsp3) is 0.483. The Morgan fingerprint density at radius 3 is 2.42 bits per heavy atom. The minimum atomic E-state index is -4.75. The number of sulfonamides is 1. The first kappa shape index (κ1) is 54.0. The van der Waals surface area contributed by atoms with E-state index in [0.29, 0.717) is 50.1 Å². The number of nitrogens with one attached hydrogen (secondary N) is 3. The number of methoxy groups -OCH3 is 2. The van der Waals surface area contributed by atoms with E-state index in [-0.39, 0.29) is 69.3 Å². The number of halogens is 1. The molecule has 4 aromatic heterocycles. The van der Waals surface area contributed by atoms with Crippen LogP contribution in [0.2, 0.25) is 0 Å². The topological polar surface area (TPSA) is 231 Å². The number of amides is 1. The molecule has 2 unspecified atom stereocenters. The number of nitrogens with zero attached hydrogens (tertiary/aromatic N) is 7. The van der Waals surface area contributed by atoms with Gasteiger partial charge in [-0.05, 0) is 123 Å². The Kier molecular flexibility index (Phi) is 14.8. The molecular weight excluding hydrogens is 1030 g/mol. The highest BCUT2D eigenvalue weighted by atomic mass is 32.2. The van der Waals surface area contributed by atoms with Crippen molar-refractivity contribution in [1.29, 1.82) is 0 Å². The smallest absolute Gasteiger partial charge is 0.312 e. The molecule has 1 spiro atoms. The summed E-state index contributed by atoms with van der Waals surface area (Å²) in [4.78, 5) is 48.7. The maximum atomic E-state index is 15.0. The Labute approximate surface area is 459 Å². The molecule has 0 radical (unpaired) electrons. The normalized spacial score (nSPS) is 25.3. The Balaban J connectivity index is 0.832. The van der Waals surface area contributed by atoms with Gasteiger partial charge in [-0.25, -0.2) is 27.5 Å². The summed E-state index contributed by atoms with van der Waals surface area (Å²) in [6.45, 7) is 10.3. The first-order valence-corrected chi connectivity index (χ1v) is 28.9. The van der Waals surface area contributed by atoms with E-state index in [1.54, 1.807) is 26.2 Å². The molecule has 21 heteroatoms. The summed E-state index contributed by atoms with van der Waals surface area (Å²) in [6, 6.07) is 21.4. The Bertz CT molecular complexity index is 3360. The third-order valence-corrected chi connectivity index (χ3v) is 18.7. The average Bonchev–Trinajstić information content (AvgIpc) is 4.17. The van der Waals surface area contributed by atoms with E-state index < -0.39 is 42.9 Å². The van der Waals surface area contributed by atoms with Gasteiger partial charge in [0.25, 0.3) is 21.8 Å². The van der Waals surface area contributed by atoms with Crippen molar-refractivity contribution >= 4 is 44.2 Å². The summed E-state index contributed by atoms with van der Waals surface area (Å²) < 4.78 is 62.6. The molecule has 3 saturated heterocycles. The lowest BCUT2D eigenvalue weighted by Crippen LogP contribution is -2.61. The number of benzene rings is 2. The van der Waals surface area contributed by atoms with Crippen LogP contribution in [0.15, 0.2) is 90.2 Å². The number of carbonyl (C=O) groups is 1. The van der Waals surface area contributed by atoms with Gasteiger partial charge in [-0.15, -0.1) is 0 Å². The van der Waals surface area contributed by atoms with Gasteiger partial charge in [0, 0.05) is 99.2 Å². The molecule has 2 saturated carbocycles. The van der Waals surface area contributed by atoms with E-state index in [1.807, 2.05) is 12.3 Å². The molecule has 3 atom stereocenters. The van der Waals surface area contributed by atoms with Gasteiger partial charge in [-0.3, -0.25) is 24.7 Å². The molecule has 11 rings (SSSR count). The summed E-state index contributed by atoms with van der Waals surface area (Å²) in [7, 11) is -1.73. The zero-order chi connectivity index (χ0) is 55.4. The van der Waals surface area contributed by atoms with Crippen molar-refractivity contribution in [3.05, 3.63) is 124 Å². The molecule has 79 heavy (non-hydrogen) atoms. The highest BCUT2D eigenvalue weighted by Crippen LogP contribution is 2.59. The summed E-state index contributed by atoms with van der Waals surface area (Å²) in [5, 5.41) is 25.8. The van der Waals surface area contributed by atoms with Crippen LogP contribution in [-0.2, 0) is 16.6 Å². The molecule has 5 fully saturated rings. The molecule has 7 heterocycles. The lowest BCUT2D eigenvalue weighted by atomic mass is 9.58.